The molecule has 2 N–H and O–H groups in total. The van der Waals surface area contributed by atoms with Crippen LogP contribution in [0.1, 0.15) is 16.8 Å². The molecule has 0 atom stereocenters. The van der Waals surface area contributed by atoms with Gasteiger partial charge in [0.15, 0.2) is 0 Å². The van der Waals surface area contributed by atoms with Gasteiger partial charge in [0.1, 0.15) is 5.75 Å². The molecule has 0 saturated carbocycles. The van der Waals surface area contributed by atoms with Crippen LogP contribution in [0.15, 0.2) is 36.9 Å². The largest absolute Gasteiger partial charge is 0.495 e. The van der Waals surface area contributed by atoms with Crippen LogP contribution in [-0.2, 0) is 11.3 Å². The summed E-state index contributed by atoms with van der Waals surface area (Å²) in [7, 11) is 1.51. The molecule has 0 spiro atoms. The van der Waals surface area contributed by atoms with Gasteiger partial charge in [-0.2, -0.15) is 0 Å². The highest BCUT2D eigenvalue weighted by Crippen LogP contribution is 2.22. The number of esters is 1. The second kappa shape index (κ2) is 6.60. The van der Waals surface area contributed by atoms with Crippen molar-refractivity contribution in [1.29, 1.82) is 0 Å². The van der Waals surface area contributed by atoms with Gasteiger partial charge in [-0.1, -0.05) is 0 Å². The highest BCUT2D eigenvalue weighted by atomic mass is 16.5. The third-order valence-electron chi connectivity index (χ3n) is 2.82. The minimum atomic E-state index is -0.381. The zero-order chi connectivity index (χ0) is 14.4. The maximum atomic E-state index is 11.8. The second-order valence-electron chi connectivity index (χ2n) is 4.25. The molecule has 1 aromatic heterocycles. The summed E-state index contributed by atoms with van der Waals surface area (Å²) in [6.07, 6.45) is 6.04. The van der Waals surface area contributed by atoms with Crippen molar-refractivity contribution in [1.82, 2.24) is 9.55 Å². The van der Waals surface area contributed by atoms with Crippen molar-refractivity contribution in [2.24, 2.45) is 0 Å². The number of imidazole rings is 1. The van der Waals surface area contributed by atoms with Crippen molar-refractivity contribution < 1.29 is 14.3 Å². The molecule has 1 heterocycles. The number of aryl methyl sites for hydroxylation is 1. The maximum Gasteiger partial charge on any atom is 0.338 e. The van der Waals surface area contributed by atoms with Gasteiger partial charge in [-0.25, -0.2) is 9.78 Å². The minimum Gasteiger partial charge on any atom is -0.495 e. The fraction of sp³-hybridized carbons (Fsp3) is 0.286. The number of carbonyl (C=O) groups excluding carboxylic acids is 1. The summed E-state index contributed by atoms with van der Waals surface area (Å²) in [5.41, 5.74) is 6.61. The number of nitrogen functional groups attached to an aromatic ring is 1. The van der Waals surface area contributed by atoms with Crippen molar-refractivity contribution in [2.75, 3.05) is 19.5 Å². The number of methoxy groups -OCH3 is 1. The normalized spacial score (nSPS) is 10.2. The van der Waals surface area contributed by atoms with Crippen molar-refractivity contribution in [3.8, 4) is 5.75 Å². The lowest BCUT2D eigenvalue weighted by Crippen LogP contribution is -2.09. The summed E-state index contributed by atoms with van der Waals surface area (Å²) in [6.45, 7) is 1.11. The Balaban J connectivity index is 1.82. The average Bonchev–Trinajstić information content (AvgIpc) is 2.97. The Morgan fingerprint density at radius 2 is 2.30 bits per heavy atom. The molecule has 106 valence electrons. The number of ether oxygens (including phenoxy) is 2. The Kier molecular flexibility index (Phi) is 4.60. The van der Waals surface area contributed by atoms with Crippen molar-refractivity contribution in [3.05, 3.63) is 42.5 Å². The SMILES string of the molecule is COc1cc(C(=O)OCCCn2ccnc2)ccc1N. The number of nitrogens with zero attached hydrogens (tertiary/aromatic N) is 2. The van der Waals surface area contributed by atoms with Crippen molar-refractivity contribution >= 4 is 11.7 Å². The van der Waals surface area contributed by atoms with E-state index in [-0.39, 0.29) is 5.97 Å². The third kappa shape index (κ3) is 3.50. The fourth-order valence-corrected chi connectivity index (χ4v) is 1.75. The number of anilines is 1. The molecule has 1 aromatic carbocycles. The Labute approximate surface area is 117 Å². The molecule has 0 aliphatic heterocycles. The summed E-state index contributed by atoms with van der Waals surface area (Å²) in [6, 6.07) is 4.82. The number of benzene rings is 1. The summed E-state index contributed by atoms with van der Waals surface area (Å²) < 4.78 is 12.2. The second-order valence-corrected chi connectivity index (χ2v) is 4.25. The van der Waals surface area contributed by atoms with Gasteiger partial charge in [-0.05, 0) is 24.6 Å². The lowest BCUT2D eigenvalue weighted by atomic mass is 10.2. The quantitative estimate of drug-likeness (QED) is 0.493. The van der Waals surface area contributed by atoms with Crippen LogP contribution in [0.25, 0.3) is 0 Å². The van der Waals surface area contributed by atoms with Gasteiger partial charge in [-0.3, -0.25) is 0 Å². The van der Waals surface area contributed by atoms with Crippen LogP contribution in [0.5, 0.6) is 5.75 Å². The molecule has 0 radical (unpaired) electrons. The van der Waals surface area contributed by atoms with E-state index in [4.69, 9.17) is 15.2 Å². The van der Waals surface area contributed by atoms with E-state index < -0.39 is 0 Å². The zero-order valence-electron chi connectivity index (χ0n) is 11.3. The number of hydrogen-bond donors (Lipinski definition) is 1. The average molecular weight is 275 g/mol. The predicted octanol–water partition coefficient (Wildman–Crippen LogP) is 1.72. The minimum absolute atomic E-state index is 0.351. The van der Waals surface area contributed by atoms with E-state index in [0.29, 0.717) is 23.6 Å². The number of rotatable bonds is 6. The molecule has 6 nitrogen and oxygen atoms in total. The first-order valence-corrected chi connectivity index (χ1v) is 6.27. The Morgan fingerprint density at radius 1 is 1.45 bits per heavy atom. The first-order chi connectivity index (χ1) is 9.70. The van der Waals surface area contributed by atoms with E-state index in [2.05, 4.69) is 4.98 Å². The molecule has 2 aromatic rings. The van der Waals surface area contributed by atoms with Gasteiger partial charge < -0.3 is 19.8 Å². The number of carbonyl (C=O) groups is 1. The molecule has 6 heteroatoms. The monoisotopic (exact) mass is 275 g/mol. The lowest BCUT2D eigenvalue weighted by Gasteiger charge is -2.08. The molecule has 0 aliphatic rings. The van der Waals surface area contributed by atoms with Crippen LogP contribution in [-0.4, -0.2) is 29.2 Å². The zero-order valence-corrected chi connectivity index (χ0v) is 11.3. The van der Waals surface area contributed by atoms with Crippen molar-refractivity contribution in [2.45, 2.75) is 13.0 Å². The molecule has 0 saturated heterocycles. The predicted molar refractivity (Wildman–Crippen MR) is 74.5 cm³/mol. The smallest absolute Gasteiger partial charge is 0.338 e. The van der Waals surface area contributed by atoms with Gasteiger partial charge >= 0.3 is 5.97 Å². The Morgan fingerprint density at radius 3 is 3.00 bits per heavy atom. The fourth-order valence-electron chi connectivity index (χ4n) is 1.75. The van der Waals surface area contributed by atoms with E-state index in [1.165, 1.54) is 7.11 Å². The molecular weight excluding hydrogens is 258 g/mol. The van der Waals surface area contributed by atoms with Gasteiger partial charge in [0.25, 0.3) is 0 Å². The summed E-state index contributed by atoms with van der Waals surface area (Å²) in [4.78, 5) is 15.8. The number of aromatic nitrogens is 2. The summed E-state index contributed by atoms with van der Waals surface area (Å²) >= 11 is 0. The van der Waals surface area contributed by atoms with E-state index >= 15 is 0 Å². The van der Waals surface area contributed by atoms with Gasteiger partial charge in [0.2, 0.25) is 0 Å². The molecule has 0 unspecified atom stereocenters. The molecule has 0 bridgehead atoms. The number of hydrogen-bond acceptors (Lipinski definition) is 5. The number of nitrogens with two attached hydrogens (primary N) is 1. The first-order valence-electron chi connectivity index (χ1n) is 6.27. The van der Waals surface area contributed by atoms with Gasteiger partial charge in [0.05, 0.1) is 31.3 Å². The maximum absolute atomic E-state index is 11.8. The molecule has 0 aliphatic carbocycles. The van der Waals surface area contributed by atoms with Crippen LogP contribution in [0.2, 0.25) is 0 Å². The van der Waals surface area contributed by atoms with E-state index in [0.717, 1.165) is 13.0 Å². The molecule has 2 rings (SSSR count). The molecule has 0 amide bonds. The van der Waals surface area contributed by atoms with Crippen LogP contribution >= 0.6 is 0 Å². The van der Waals surface area contributed by atoms with E-state index in [9.17, 15) is 4.79 Å². The Hall–Kier alpha value is -2.50. The van der Waals surface area contributed by atoms with Gasteiger partial charge in [-0.15, -0.1) is 0 Å². The standard InChI is InChI=1S/C14H17N3O3/c1-19-13-9-11(3-4-12(13)15)14(18)20-8-2-6-17-7-5-16-10-17/h3-5,7,9-10H,2,6,8,15H2,1H3. The highest BCUT2D eigenvalue weighted by Gasteiger charge is 2.10. The van der Waals surface area contributed by atoms with Crippen LogP contribution in [0, 0.1) is 0 Å². The van der Waals surface area contributed by atoms with E-state index in [1.54, 1.807) is 30.7 Å². The first kappa shape index (κ1) is 13.9. The summed E-state index contributed by atoms with van der Waals surface area (Å²) in [5.74, 6) is 0.0896. The molecular formula is C14H17N3O3. The van der Waals surface area contributed by atoms with E-state index in [1.807, 2.05) is 10.8 Å². The highest BCUT2D eigenvalue weighted by molar-refractivity contribution is 5.90. The molecule has 0 fully saturated rings. The third-order valence-corrected chi connectivity index (χ3v) is 2.82. The van der Waals surface area contributed by atoms with Crippen molar-refractivity contribution in [3.63, 3.8) is 0 Å². The molecule has 20 heavy (non-hydrogen) atoms. The summed E-state index contributed by atoms with van der Waals surface area (Å²) in [5, 5.41) is 0. The van der Waals surface area contributed by atoms with Crippen LogP contribution < -0.4 is 10.5 Å². The van der Waals surface area contributed by atoms with Crippen LogP contribution in [0.4, 0.5) is 5.69 Å². The topological polar surface area (TPSA) is 79.4 Å². The lowest BCUT2D eigenvalue weighted by molar-refractivity contribution is 0.0495. The van der Waals surface area contributed by atoms with Crippen LogP contribution in [0.3, 0.4) is 0 Å². The van der Waals surface area contributed by atoms with Gasteiger partial charge in [0, 0.05) is 18.9 Å². The Bertz CT molecular complexity index is 567.